The van der Waals surface area contributed by atoms with Crippen molar-refractivity contribution in [3.8, 4) is 0 Å². The van der Waals surface area contributed by atoms with Gasteiger partial charge >= 0.3 is 0 Å². The molecule has 4 rings (SSSR count). The molecule has 1 aliphatic rings. The maximum Gasteiger partial charge on any atom is 0.297 e. The first-order valence-corrected chi connectivity index (χ1v) is 8.00. The number of H-pyrrole nitrogens is 1. The molecule has 7 nitrogen and oxygen atoms in total. The van der Waals surface area contributed by atoms with Crippen LogP contribution in [0.2, 0.25) is 0 Å². The largest absolute Gasteiger partial charge is 0.385 e. The zero-order chi connectivity index (χ0) is 17.4. The molecule has 1 aliphatic carbocycles. The number of anilines is 1. The van der Waals surface area contributed by atoms with Crippen molar-refractivity contribution in [2.75, 3.05) is 5.32 Å². The van der Waals surface area contributed by atoms with Crippen LogP contribution in [-0.2, 0) is 6.54 Å². The van der Waals surface area contributed by atoms with E-state index in [1.807, 2.05) is 0 Å². The Balaban J connectivity index is 1.56. The number of halogens is 2. The van der Waals surface area contributed by atoms with E-state index >= 15 is 0 Å². The summed E-state index contributed by atoms with van der Waals surface area (Å²) >= 11 is 0. The number of para-hydroxylation sites is 1. The van der Waals surface area contributed by atoms with E-state index in [0.29, 0.717) is 28.4 Å². The number of fused-ring (bicyclic) bond motifs is 1. The smallest absolute Gasteiger partial charge is 0.297 e. The molecule has 2 aromatic heterocycles. The van der Waals surface area contributed by atoms with Crippen molar-refractivity contribution < 1.29 is 13.9 Å². The molecule has 2 heterocycles. The van der Waals surface area contributed by atoms with Gasteiger partial charge in [0.2, 0.25) is 0 Å². The van der Waals surface area contributed by atoms with Crippen LogP contribution in [0.1, 0.15) is 42.8 Å². The van der Waals surface area contributed by atoms with Crippen molar-refractivity contribution in [3.63, 3.8) is 0 Å². The Kier molecular flexibility index (Phi) is 4.00. The summed E-state index contributed by atoms with van der Waals surface area (Å²) in [5.41, 5.74) is 0.442. The molecule has 3 N–H and O–H groups in total. The van der Waals surface area contributed by atoms with Gasteiger partial charge in [0.05, 0.1) is 12.1 Å². The highest BCUT2D eigenvalue weighted by Gasteiger charge is 2.33. The molecule has 0 saturated heterocycles. The monoisotopic (exact) mass is 346 g/mol. The molecule has 130 valence electrons. The second-order valence-electron chi connectivity index (χ2n) is 6.02. The molecule has 9 heteroatoms. The Hall–Kier alpha value is -2.68. The van der Waals surface area contributed by atoms with Crippen LogP contribution >= 0.6 is 0 Å². The van der Waals surface area contributed by atoms with Crippen molar-refractivity contribution >= 4 is 16.7 Å². The number of aliphatic hydroxyl groups is 1. The van der Waals surface area contributed by atoms with Gasteiger partial charge in [-0.25, -0.2) is 23.7 Å². The molecule has 1 saturated carbocycles. The van der Waals surface area contributed by atoms with E-state index in [1.54, 1.807) is 24.3 Å². The number of nitrogens with zero attached hydrogens (tertiary/aromatic N) is 4. The predicted molar refractivity (Wildman–Crippen MR) is 85.9 cm³/mol. The van der Waals surface area contributed by atoms with Crippen molar-refractivity contribution in [2.24, 2.45) is 5.92 Å². The van der Waals surface area contributed by atoms with Gasteiger partial charge < -0.3 is 10.4 Å². The summed E-state index contributed by atoms with van der Waals surface area (Å²) in [6.45, 7) is 0.216. The van der Waals surface area contributed by atoms with Crippen LogP contribution < -0.4 is 5.32 Å². The molecule has 0 spiro atoms. The predicted octanol–water partition coefficient (Wildman–Crippen LogP) is 2.74. The summed E-state index contributed by atoms with van der Waals surface area (Å²) in [4.78, 5) is 12.0. The molecule has 0 aliphatic heterocycles. The highest BCUT2D eigenvalue weighted by atomic mass is 19.3. The van der Waals surface area contributed by atoms with Crippen molar-refractivity contribution in [2.45, 2.75) is 31.9 Å². The minimum Gasteiger partial charge on any atom is -0.385 e. The van der Waals surface area contributed by atoms with Gasteiger partial charge in [-0.05, 0) is 30.9 Å². The summed E-state index contributed by atoms with van der Waals surface area (Å²) in [5, 5.41) is 20.4. The van der Waals surface area contributed by atoms with E-state index in [2.05, 4.69) is 30.5 Å². The lowest BCUT2D eigenvalue weighted by Crippen LogP contribution is -2.07. The van der Waals surface area contributed by atoms with Crippen LogP contribution in [0.4, 0.5) is 14.6 Å². The topological polar surface area (TPSA) is 99.6 Å². The van der Waals surface area contributed by atoms with Crippen LogP contribution in [0.5, 0.6) is 0 Å². The Morgan fingerprint density at radius 1 is 1.16 bits per heavy atom. The SMILES string of the molecule is OC(c1n[nH]c(CNc2nc(C(F)F)nc3ccccc23)n1)C1CC1. The minimum atomic E-state index is -2.75. The molecule has 0 bridgehead atoms. The van der Waals surface area contributed by atoms with Crippen molar-refractivity contribution in [1.29, 1.82) is 0 Å². The molecule has 1 unspecified atom stereocenters. The number of hydrogen-bond acceptors (Lipinski definition) is 6. The summed E-state index contributed by atoms with van der Waals surface area (Å²) in [7, 11) is 0. The minimum absolute atomic E-state index is 0.216. The highest BCUT2D eigenvalue weighted by molar-refractivity contribution is 5.88. The van der Waals surface area contributed by atoms with Crippen molar-refractivity contribution in [1.82, 2.24) is 25.1 Å². The van der Waals surface area contributed by atoms with Crippen LogP contribution in [0.25, 0.3) is 10.9 Å². The second-order valence-corrected chi connectivity index (χ2v) is 6.02. The number of aliphatic hydroxyl groups excluding tert-OH is 1. The lowest BCUT2D eigenvalue weighted by atomic mass is 10.2. The Morgan fingerprint density at radius 2 is 1.96 bits per heavy atom. The average Bonchev–Trinajstić information content (AvgIpc) is 3.36. The normalized spacial score (nSPS) is 15.7. The molecule has 1 aromatic carbocycles. The molecule has 3 aromatic rings. The molecule has 1 atom stereocenters. The maximum atomic E-state index is 13.0. The van der Waals surface area contributed by atoms with E-state index in [4.69, 9.17) is 0 Å². The van der Waals surface area contributed by atoms with Crippen LogP contribution in [-0.4, -0.2) is 30.3 Å². The summed E-state index contributed by atoms with van der Waals surface area (Å²) in [6.07, 6.45) is -1.45. The van der Waals surface area contributed by atoms with Gasteiger partial charge in [0, 0.05) is 5.39 Å². The fraction of sp³-hybridized carbons (Fsp3) is 0.375. The lowest BCUT2D eigenvalue weighted by Gasteiger charge is -2.09. The van der Waals surface area contributed by atoms with Gasteiger partial charge in [0.15, 0.2) is 11.6 Å². The van der Waals surface area contributed by atoms with Gasteiger partial charge in [0.1, 0.15) is 17.7 Å². The third-order valence-electron chi connectivity index (χ3n) is 4.12. The molecule has 0 amide bonds. The molecular formula is C16H16F2N6O. The second kappa shape index (κ2) is 6.32. The Bertz CT molecular complexity index is 895. The first-order chi connectivity index (χ1) is 12.1. The lowest BCUT2D eigenvalue weighted by molar-refractivity contribution is 0.141. The summed E-state index contributed by atoms with van der Waals surface area (Å²) in [6, 6.07) is 6.94. The summed E-state index contributed by atoms with van der Waals surface area (Å²) < 4.78 is 26.0. The number of alkyl halides is 2. The third kappa shape index (κ3) is 3.27. The van der Waals surface area contributed by atoms with E-state index in [0.717, 1.165) is 12.8 Å². The zero-order valence-electron chi connectivity index (χ0n) is 13.2. The first kappa shape index (κ1) is 15.8. The van der Waals surface area contributed by atoms with Gasteiger partial charge in [-0.3, -0.25) is 5.10 Å². The quantitative estimate of drug-likeness (QED) is 0.635. The number of benzene rings is 1. The van der Waals surface area contributed by atoms with Gasteiger partial charge in [-0.2, -0.15) is 5.10 Å². The molecule has 25 heavy (non-hydrogen) atoms. The van der Waals surface area contributed by atoms with Crippen LogP contribution in [0.3, 0.4) is 0 Å². The van der Waals surface area contributed by atoms with Crippen LogP contribution in [0, 0.1) is 5.92 Å². The van der Waals surface area contributed by atoms with E-state index < -0.39 is 18.4 Å². The fourth-order valence-corrected chi connectivity index (χ4v) is 2.64. The van der Waals surface area contributed by atoms with Gasteiger partial charge in [-0.1, -0.05) is 12.1 Å². The molecule has 0 radical (unpaired) electrons. The fourth-order valence-electron chi connectivity index (χ4n) is 2.64. The van der Waals surface area contributed by atoms with Gasteiger partial charge in [-0.15, -0.1) is 0 Å². The standard InChI is InChI=1S/C16H16F2N6O/c17-13(18)16-20-10-4-2-1-3-9(10)14(22-16)19-7-11-21-15(24-23-11)12(25)8-5-6-8/h1-4,8,12-13,25H,5-7H2,(H,19,20,22)(H,21,23,24). The number of hydrogen-bond donors (Lipinski definition) is 3. The Labute approximate surface area is 141 Å². The van der Waals surface area contributed by atoms with E-state index in [1.165, 1.54) is 0 Å². The van der Waals surface area contributed by atoms with Gasteiger partial charge in [0.25, 0.3) is 6.43 Å². The molecule has 1 fully saturated rings. The number of nitrogens with one attached hydrogen (secondary N) is 2. The van der Waals surface area contributed by atoms with E-state index in [9.17, 15) is 13.9 Å². The molecular weight excluding hydrogens is 330 g/mol. The zero-order valence-corrected chi connectivity index (χ0v) is 13.2. The van der Waals surface area contributed by atoms with Crippen LogP contribution in [0.15, 0.2) is 24.3 Å². The third-order valence-corrected chi connectivity index (χ3v) is 4.12. The van der Waals surface area contributed by atoms with Crippen molar-refractivity contribution in [3.05, 3.63) is 41.7 Å². The number of rotatable bonds is 6. The average molecular weight is 346 g/mol. The summed E-state index contributed by atoms with van der Waals surface area (Å²) in [5.74, 6) is 0.873. The first-order valence-electron chi connectivity index (χ1n) is 8.00. The highest BCUT2D eigenvalue weighted by Crippen LogP contribution is 2.39. The maximum absolute atomic E-state index is 13.0. The van der Waals surface area contributed by atoms with E-state index in [-0.39, 0.29) is 12.5 Å². The number of aromatic nitrogens is 5. The Morgan fingerprint density at radius 3 is 2.72 bits per heavy atom. The number of aromatic amines is 1.